The minimum absolute atomic E-state index is 0.0690. The molecular weight excluding hydrogens is 372 g/mol. The number of ether oxygens (including phenoxy) is 3. The molecule has 2 aromatic rings. The lowest BCUT2D eigenvalue weighted by Gasteiger charge is -2.32. The van der Waals surface area contributed by atoms with Crippen LogP contribution in [-0.2, 0) is 11.2 Å². The summed E-state index contributed by atoms with van der Waals surface area (Å²) in [5.74, 6) is 2.59. The topological polar surface area (TPSA) is 77.0 Å². The number of carbonyl (C=O) groups excluding carboxylic acids is 1. The summed E-state index contributed by atoms with van der Waals surface area (Å²) in [5, 5.41) is 8.26. The average Bonchev–Trinajstić information content (AvgIpc) is 2.74. The van der Waals surface area contributed by atoms with Crippen molar-refractivity contribution in [2.45, 2.75) is 25.4 Å². The molecule has 1 saturated heterocycles. The van der Waals surface area contributed by atoms with Gasteiger partial charge in [0.25, 0.3) is 0 Å². The second-order valence-electron chi connectivity index (χ2n) is 7.21. The summed E-state index contributed by atoms with van der Waals surface area (Å²) in [6.45, 7) is 1.28. The van der Waals surface area contributed by atoms with Crippen LogP contribution >= 0.6 is 0 Å². The molecule has 0 aliphatic carbocycles. The van der Waals surface area contributed by atoms with Crippen molar-refractivity contribution < 1.29 is 19.0 Å². The molecule has 8 nitrogen and oxygen atoms in total. The van der Waals surface area contributed by atoms with Gasteiger partial charge in [-0.05, 0) is 36.6 Å². The lowest BCUT2D eigenvalue weighted by molar-refractivity contribution is -0.133. The quantitative estimate of drug-likeness (QED) is 0.705. The SMILES string of the molecule is COc1ccc(CC(=O)N2CCCC(Oc3ccc(N(C)C)nn3)C2)cc1OC. The molecule has 156 valence electrons. The molecule has 1 aromatic carbocycles. The average molecular weight is 400 g/mol. The zero-order valence-electron chi connectivity index (χ0n) is 17.4. The van der Waals surface area contributed by atoms with E-state index in [9.17, 15) is 4.79 Å². The molecule has 0 spiro atoms. The number of benzene rings is 1. The van der Waals surface area contributed by atoms with Gasteiger partial charge in [-0.3, -0.25) is 4.79 Å². The van der Waals surface area contributed by atoms with Crippen molar-refractivity contribution in [3.05, 3.63) is 35.9 Å². The van der Waals surface area contributed by atoms with E-state index in [4.69, 9.17) is 14.2 Å². The predicted octanol–water partition coefficient (Wildman–Crippen LogP) is 2.17. The van der Waals surface area contributed by atoms with Crippen molar-refractivity contribution in [3.8, 4) is 17.4 Å². The Labute approximate surface area is 171 Å². The van der Waals surface area contributed by atoms with Crippen LogP contribution in [-0.4, -0.2) is 68.5 Å². The highest BCUT2D eigenvalue weighted by atomic mass is 16.5. The van der Waals surface area contributed by atoms with Crippen molar-refractivity contribution in [1.82, 2.24) is 15.1 Å². The van der Waals surface area contributed by atoms with E-state index in [2.05, 4.69) is 10.2 Å². The van der Waals surface area contributed by atoms with Gasteiger partial charge in [0, 0.05) is 26.7 Å². The third-order valence-electron chi connectivity index (χ3n) is 4.91. The zero-order chi connectivity index (χ0) is 20.8. The van der Waals surface area contributed by atoms with E-state index in [1.807, 2.05) is 54.2 Å². The fraction of sp³-hybridized carbons (Fsp3) is 0.476. The van der Waals surface area contributed by atoms with Gasteiger partial charge in [0.2, 0.25) is 11.8 Å². The Morgan fingerprint density at radius 1 is 1.14 bits per heavy atom. The highest BCUT2D eigenvalue weighted by molar-refractivity contribution is 5.79. The first-order valence-electron chi connectivity index (χ1n) is 9.66. The van der Waals surface area contributed by atoms with E-state index >= 15 is 0 Å². The fourth-order valence-corrected chi connectivity index (χ4v) is 3.32. The highest BCUT2D eigenvalue weighted by Gasteiger charge is 2.25. The van der Waals surface area contributed by atoms with Gasteiger partial charge in [-0.25, -0.2) is 0 Å². The Morgan fingerprint density at radius 3 is 2.59 bits per heavy atom. The summed E-state index contributed by atoms with van der Waals surface area (Å²) in [6.07, 6.45) is 2.00. The van der Waals surface area contributed by atoms with E-state index in [0.717, 1.165) is 30.8 Å². The Kier molecular flexibility index (Phi) is 6.74. The second kappa shape index (κ2) is 9.45. The number of piperidine rings is 1. The summed E-state index contributed by atoms with van der Waals surface area (Å²) < 4.78 is 16.5. The molecule has 1 aliphatic heterocycles. The summed E-state index contributed by atoms with van der Waals surface area (Å²) in [5.41, 5.74) is 0.890. The molecule has 1 fully saturated rings. The van der Waals surface area contributed by atoms with Crippen LogP contribution in [0.1, 0.15) is 18.4 Å². The number of aromatic nitrogens is 2. The van der Waals surface area contributed by atoms with E-state index in [-0.39, 0.29) is 12.0 Å². The normalized spacial score (nSPS) is 16.3. The van der Waals surface area contributed by atoms with Gasteiger partial charge in [-0.2, -0.15) is 0 Å². The van der Waals surface area contributed by atoms with Crippen LogP contribution in [0.15, 0.2) is 30.3 Å². The van der Waals surface area contributed by atoms with Crippen molar-refractivity contribution in [2.24, 2.45) is 0 Å². The summed E-state index contributed by atoms with van der Waals surface area (Å²) in [4.78, 5) is 16.5. The van der Waals surface area contributed by atoms with Crippen molar-refractivity contribution in [2.75, 3.05) is 46.3 Å². The van der Waals surface area contributed by atoms with E-state index in [0.29, 0.717) is 30.3 Å². The molecule has 0 radical (unpaired) electrons. The molecule has 3 rings (SSSR count). The molecule has 8 heteroatoms. The number of amides is 1. The first-order valence-corrected chi connectivity index (χ1v) is 9.66. The first-order chi connectivity index (χ1) is 14.0. The van der Waals surface area contributed by atoms with Crippen LogP contribution in [0.25, 0.3) is 0 Å². The van der Waals surface area contributed by atoms with E-state index < -0.39 is 0 Å². The second-order valence-corrected chi connectivity index (χ2v) is 7.21. The minimum atomic E-state index is -0.0855. The summed E-state index contributed by atoms with van der Waals surface area (Å²) >= 11 is 0. The number of hydrogen-bond acceptors (Lipinski definition) is 7. The minimum Gasteiger partial charge on any atom is -0.493 e. The third kappa shape index (κ3) is 5.28. The number of carbonyl (C=O) groups is 1. The molecule has 0 bridgehead atoms. The van der Waals surface area contributed by atoms with Crippen molar-refractivity contribution in [1.29, 1.82) is 0 Å². The number of likely N-dealkylation sites (tertiary alicyclic amines) is 1. The molecule has 1 atom stereocenters. The van der Waals surface area contributed by atoms with Crippen LogP contribution in [0.2, 0.25) is 0 Å². The molecule has 1 aromatic heterocycles. The maximum Gasteiger partial charge on any atom is 0.233 e. The molecule has 29 heavy (non-hydrogen) atoms. The number of hydrogen-bond donors (Lipinski definition) is 0. The number of nitrogens with zero attached hydrogens (tertiary/aromatic N) is 4. The van der Waals surface area contributed by atoms with Gasteiger partial charge < -0.3 is 24.0 Å². The van der Waals surface area contributed by atoms with Gasteiger partial charge >= 0.3 is 0 Å². The lowest BCUT2D eigenvalue weighted by Crippen LogP contribution is -2.45. The van der Waals surface area contributed by atoms with Crippen LogP contribution in [0.4, 0.5) is 5.82 Å². The molecule has 1 amide bonds. The summed E-state index contributed by atoms with van der Waals surface area (Å²) in [7, 11) is 7.00. The van der Waals surface area contributed by atoms with E-state index in [1.165, 1.54) is 0 Å². The zero-order valence-corrected chi connectivity index (χ0v) is 17.4. The molecule has 1 unspecified atom stereocenters. The number of methoxy groups -OCH3 is 2. The van der Waals surface area contributed by atoms with E-state index in [1.54, 1.807) is 14.2 Å². The van der Waals surface area contributed by atoms with Crippen molar-refractivity contribution >= 4 is 11.7 Å². The van der Waals surface area contributed by atoms with Crippen molar-refractivity contribution in [3.63, 3.8) is 0 Å². The largest absolute Gasteiger partial charge is 0.493 e. The highest BCUT2D eigenvalue weighted by Crippen LogP contribution is 2.28. The Morgan fingerprint density at radius 2 is 1.93 bits per heavy atom. The van der Waals surface area contributed by atoms with Gasteiger partial charge in [0.1, 0.15) is 6.10 Å². The van der Waals surface area contributed by atoms with Crippen LogP contribution in [0.5, 0.6) is 17.4 Å². The maximum atomic E-state index is 12.8. The standard InChI is InChI=1S/C21H28N4O4/c1-24(2)19-9-10-20(23-22-19)29-16-6-5-11-25(14-16)21(26)13-15-7-8-17(27-3)18(12-15)28-4/h7-10,12,16H,5-6,11,13-14H2,1-4H3. The summed E-state index contributed by atoms with van der Waals surface area (Å²) in [6, 6.07) is 9.23. The Hall–Kier alpha value is -3.03. The Balaban J connectivity index is 1.59. The molecule has 0 saturated carbocycles. The van der Waals surface area contributed by atoms with Gasteiger partial charge in [0.05, 0.1) is 27.2 Å². The monoisotopic (exact) mass is 400 g/mol. The van der Waals surface area contributed by atoms with Crippen LogP contribution in [0.3, 0.4) is 0 Å². The van der Waals surface area contributed by atoms with Crippen LogP contribution < -0.4 is 19.1 Å². The molecule has 0 N–H and O–H groups in total. The van der Waals surface area contributed by atoms with Gasteiger partial charge in [-0.15, -0.1) is 10.2 Å². The van der Waals surface area contributed by atoms with Gasteiger partial charge in [-0.1, -0.05) is 6.07 Å². The Bertz CT molecular complexity index is 826. The fourth-order valence-electron chi connectivity index (χ4n) is 3.32. The predicted molar refractivity (Wildman–Crippen MR) is 110 cm³/mol. The number of anilines is 1. The molecule has 1 aliphatic rings. The molecule has 2 heterocycles. The molecular formula is C21H28N4O4. The third-order valence-corrected chi connectivity index (χ3v) is 4.91. The lowest BCUT2D eigenvalue weighted by atomic mass is 10.1. The smallest absolute Gasteiger partial charge is 0.233 e. The van der Waals surface area contributed by atoms with Crippen LogP contribution in [0, 0.1) is 0 Å². The first kappa shape index (κ1) is 20.7. The number of rotatable bonds is 7. The van der Waals surface area contributed by atoms with Gasteiger partial charge in [0.15, 0.2) is 17.3 Å². The maximum absolute atomic E-state index is 12.8.